The zero-order chi connectivity index (χ0) is 31.3. The van der Waals surface area contributed by atoms with Gasteiger partial charge >= 0.3 is 6.18 Å². The second-order valence-corrected chi connectivity index (χ2v) is 12.3. The number of benzene rings is 3. The summed E-state index contributed by atoms with van der Waals surface area (Å²) in [6, 6.07) is 18.7. The van der Waals surface area contributed by atoms with E-state index in [-0.39, 0.29) is 23.6 Å². The normalized spacial score (nSPS) is 18.4. The maximum Gasteiger partial charge on any atom is 0.416 e. The van der Waals surface area contributed by atoms with E-state index in [1.54, 1.807) is 4.90 Å². The smallest absolute Gasteiger partial charge is 0.416 e. The van der Waals surface area contributed by atoms with Crippen LogP contribution in [0.1, 0.15) is 66.0 Å². The minimum Gasteiger partial charge on any atom is -0.489 e. The third kappa shape index (κ3) is 5.77. The molecule has 5 nitrogen and oxygen atoms in total. The topological polar surface area (TPSA) is 79.3 Å². The lowest BCUT2D eigenvalue weighted by Crippen LogP contribution is -2.42. The molecule has 1 unspecified atom stereocenters. The molecule has 8 heteroatoms. The molecule has 3 aromatic carbocycles. The molecule has 1 aliphatic carbocycles. The molecule has 3 aromatic rings. The molecule has 0 fully saturated rings. The van der Waals surface area contributed by atoms with Crippen molar-refractivity contribution in [3.63, 3.8) is 0 Å². The highest BCUT2D eigenvalue weighted by Gasteiger charge is 2.45. The van der Waals surface area contributed by atoms with Crippen molar-refractivity contribution in [3.05, 3.63) is 117 Å². The van der Waals surface area contributed by atoms with Crippen molar-refractivity contribution in [1.29, 1.82) is 5.26 Å². The SMILES string of the molecule is Cc1ccc(OCc2cc(C3C(C#N)=C(N)N(c4ccc(C(F)(F)F)cc4)C4=C3C(=O)CC(C)(C)C4)c(C)cc2C)cc1. The molecule has 0 radical (unpaired) electrons. The van der Waals surface area contributed by atoms with E-state index in [1.165, 1.54) is 12.1 Å². The first-order chi connectivity index (χ1) is 20.2. The second-order valence-electron chi connectivity index (χ2n) is 12.3. The standard InChI is InChI=1S/C35H34F3N3O2/c1-20-6-12-26(13-7-20)43-19-23-15-27(22(3)14-21(23)2)31-28(18-39)33(40)41(25-10-8-24(9-11-25)35(36,37)38)29-16-34(4,5)17-30(42)32(29)31/h6-15,31H,16-17,19,40H2,1-5H3. The number of nitrogens with two attached hydrogens (primary N) is 1. The van der Waals surface area contributed by atoms with E-state index in [2.05, 4.69) is 6.07 Å². The molecule has 5 rings (SSSR count). The number of hydrogen-bond donors (Lipinski definition) is 1. The number of ketones is 1. The van der Waals surface area contributed by atoms with Gasteiger partial charge in [-0.05, 0) is 91.3 Å². The molecule has 1 atom stereocenters. The Hall–Kier alpha value is -4.51. The van der Waals surface area contributed by atoms with E-state index in [0.29, 0.717) is 30.0 Å². The lowest BCUT2D eigenvalue weighted by molar-refractivity contribution is -0.137. The molecular weight excluding hydrogens is 551 g/mol. The number of ether oxygens (including phenoxy) is 1. The van der Waals surface area contributed by atoms with Crippen LogP contribution in [0.4, 0.5) is 18.9 Å². The number of carbonyl (C=O) groups is 1. The number of anilines is 1. The van der Waals surface area contributed by atoms with Gasteiger partial charge in [0.25, 0.3) is 0 Å². The monoisotopic (exact) mass is 585 g/mol. The number of rotatable bonds is 5. The van der Waals surface area contributed by atoms with Gasteiger partial charge < -0.3 is 10.5 Å². The third-order valence-corrected chi connectivity index (χ3v) is 8.28. The zero-order valence-electron chi connectivity index (χ0n) is 24.9. The van der Waals surface area contributed by atoms with Crippen molar-refractivity contribution in [3.8, 4) is 11.8 Å². The minimum atomic E-state index is -4.50. The summed E-state index contributed by atoms with van der Waals surface area (Å²) in [6.07, 6.45) is -3.77. The van der Waals surface area contributed by atoms with E-state index < -0.39 is 23.1 Å². The molecule has 43 heavy (non-hydrogen) atoms. The largest absolute Gasteiger partial charge is 0.489 e. The van der Waals surface area contributed by atoms with Crippen molar-refractivity contribution in [1.82, 2.24) is 0 Å². The lowest BCUT2D eigenvalue weighted by atomic mass is 9.68. The Morgan fingerprint density at radius 1 is 1.00 bits per heavy atom. The van der Waals surface area contributed by atoms with Crippen LogP contribution in [0.2, 0.25) is 0 Å². The van der Waals surface area contributed by atoms with Gasteiger partial charge in [0.2, 0.25) is 0 Å². The van der Waals surface area contributed by atoms with E-state index in [1.807, 2.05) is 71.0 Å². The fourth-order valence-corrected chi connectivity index (χ4v) is 6.09. The average Bonchev–Trinajstić information content (AvgIpc) is 2.92. The number of hydrogen-bond acceptors (Lipinski definition) is 5. The van der Waals surface area contributed by atoms with E-state index in [9.17, 15) is 23.2 Å². The molecular formula is C35H34F3N3O2. The van der Waals surface area contributed by atoms with Crippen molar-refractivity contribution in [2.45, 2.75) is 66.2 Å². The van der Waals surface area contributed by atoms with Gasteiger partial charge in [-0.25, -0.2) is 0 Å². The number of allylic oxidation sites excluding steroid dienone is 3. The van der Waals surface area contributed by atoms with E-state index in [0.717, 1.165) is 45.7 Å². The maximum absolute atomic E-state index is 13.9. The van der Waals surface area contributed by atoms with Gasteiger partial charge in [-0.15, -0.1) is 0 Å². The highest BCUT2D eigenvalue weighted by atomic mass is 19.4. The summed E-state index contributed by atoms with van der Waals surface area (Å²) in [7, 11) is 0. The van der Waals surface area contributed by atoms with Crippen LogP contribution in [-0.2, 0) is 17.6 Å². The van der Waals surface area contributed by atoms with Crippen molar-refractivity contribution < 1.29 is 22.7 Å². The molecule has 0 aromatic heterocycles. The molecule has 1 aliphatic heterocycles. The van der Waals surface area contributed by atoms with Crippen LogP contribution in [0.25, 0.3) is 0 Å². The third-order valence-electron chi connectivity index (χ3n) is 8.28. The summed E-state index contributed by atoms with van der Waals surface area (Å²) in [6.45, 7) is 10.2. The van der Waals surface area contributed by atoms with Gasteiger partial charge in [-0.1, -0.05) is 43.7 Å². The Bertz CT molecular complexity index is 1690. The number of nitrogens with zero attached hydrogens (tertiary/aromatic N) is 2. The Labute approximate surface area is 250 Å². The fourth-order valence-electron chi connectivity index (χ4n) is 6.09. The van der Waals surface area contributed by atoms with Gasteiger partial charge in [0.1, 0.15) is 18.2 Å². The van der Waals surface area contributed by atoms with E-state index >= 15 is 0 Å². The number of alkyl halides is 3. The Balaban J connectivity index is 1.64. The highest BCUT2D eigenvalue weighted by Crippen LogP contribution is 2.51. The first kappa shape index (κ1) is 30.0. The molecule has 2 aliphatic rings. The summed E-state index contributed by atoms with van der Waals surface area (Å²) in [5, 5.41) is 10.5. The van der Waals surface area contributed by atoms with Gasteiger partial charge in [0.05, 0.1) is 23.1 Å². The van der Waals surface area contributed by atoms with Gasteiger partial charge in [-0.3, -0.25) is 9.69 Å². The van der Waals surface area contributed by atoms with Crippen LogP contribution in [0.5, 0.6) is 5.75 Å². The number of aryl methyl sites for hydroxylation is 3. The summed E-state index contributed by atoms with van der Waals surface area (Å²) >= 11 is 0. The van der Waals surface area contributed by atoms with Gasteiger partial charge in [0, 0.05) is 23.4 Å². The molecule has 2 N–H and O–H groups in total. The Morgan fingerprint density at radius 2 is 1.65 bits per heavy atom. The van der Waals surface area contributed by atoms with Crippen molar-refractivity contribution in [2.75, 3.05) is 4.90 Å². The summed E-state index contributed by atoms with van der Waals surface area (Å²) in [5.41, 5.74) is 11.9. The average molecular weight is 586 g/mol. The van der Waals surface area contributed by atoms with E-state index in [4.69, 9.17) is 10.5 Å². The number of Topliss-reactive ketones (excluding diaryl/α,β-unsaturated/α-hetero) is 1. The number of carbonyl (C=O) groups excluding carboxylic acids is 1. The van der Waals surface area contributed by atoms with Crippen LogP contribution < -0.4 is 15.4 Å². The highest BCUT2D eigenvalue weighted by molar-refractivity contribution is 6.01. The van der Waals surface area contributed by atoms with Crippen LogP contribution >= 0.6 is 0 Å². The Kier molecular flexibility index (Phi) is 7.64. The predicted octanol–water partition coefficient (Wildman–Crippen LogP) is 8.15. The Morgan fingerprint density at radius 3 is 2.26 bits per heavy atom. The molecule has 222 valence electrons. The van der Waals surface area contributed by atoms with Crippen LogP contribution in [0.15, 0.2) is 83.3 Å². The van der Waals surface area contributed by atoms with Gasteiger partial charge in [-0.2, -0.15) is 18.4 Å². The molecule has 1 heterocycles. The quantitative estimate of drug-likeness (QED) is 0.327. The summed E-state index contributed by atoms with van der Waals surface area (Å²) < 4.78 is 46.1. The first-order valence-corrected chi connectivity index (χ1v) is 14.1. The first-order valence-electron chi connectivity index (χ1n) is 14.1. The summed E-state index contributed by atoms with van der Waals surface area (Å²) in [4.78, 5) is 15.5. The number of nitriles is 1. The lowest BCUT2D eigenvalue weighted by Gasteiger charge is -2.44. The summed E-state index contributed by atoms with van der Waals surface area (Å²) in [5.74, 6) is 0.0151. The molecule has 0 bridgehead atoms. The second kappa shape index (κ2) is 11.0. The molecule has 0 saturated heterocycles. The minimum absolute atomic E-state index is 0.105. The maximum atomic E-state index is 13.9. The molecule has 0 saturated carbocycles. The fraction of sp³-hybridized carbons (Fsp3) is 0.314. The van der Waals surface area contributed by atoms with Crippen LogP contribution in [0, 0.1) is 37.5 Å². The predicted molar refractivity (Wildman–Crippen MR) is 160 cm³/mol. The number of halogens is 3. The zero-order valence-corrected chi connectivity index (χ0v) is 24.9. The molecule has 0 amide bonds. The van der Waals surface area contributed by atoms with Crippen LogP contribution in [-0.4, -0.2) is 5.78 Å². The van der Waals surface area contributed by atoms with Crippen LogP contribution in [0.3, 0.4) is 0 Å². The van der Waals surface area contributed by atoms with Gasteiger partial charge in [0.15, 0.2) is 5.78 Å². The molecule has 0 spiro atoms. The van der Waals surface area contributed by atoms with Crippen molar-refractivity contribution in [2.24, 2.45) is 11.1 Å². The van der Waals surface area contributed by atoms with Crippen molar-refractivity contribution >= 4 is 11.5 Å².